The second-order valence-electron chi connectivity index (χ2n) is 4.35. The molecule has 1 aromatic heterocycles. The van der Waals surface area contributed by atoms with Crippen LogP contribution in [0.15, 0.2) is 48.5 Å². The average Bonchev–Trinajstić information content (AvgIpc) is 2.76. The van der Waals surface area contributed by atoms with Gasteiger partial charge in [0.1, 0.15) is 17.6 Å². The summed E-state index contributed by atoms with van der Waals surface area (Å²) in [5.74, 6) is -0.204. The van der Waals surface area contributed by atoms with Gasteiger partial charge < -0.3 is 24.0 Å². The molecule has 0 N–H and O–H groups in total. The van der Waals surface area contributed by atoms with E-state index in [9.17, 15) is 4.39 Å². The van der Waals surface area contributed by atoms with E-state index >= 15 is 0 Å². The molecule has 0 unspecified atom stereocenters. The molecule has 1 nitrogen and oxygen atoms in total. The number of aromatic nitrogens is 1. The number of nitrogens with zero attached hydrogens (tertiary/aromatic N) is 1. The van der Waals surface area contributed by atoms with Crippen LogP contribution in [0.1, 0.15) is 10.6 Å². The van der Waals surface area contributed by atoms with Crippen LogP contribution in [0, 0.1) is 5.82 Å². The molecule has 0 amide bonds. The second-order valence-corrected chi connectivity index (χ2v) is 5.41. The molecule has 2 aromatic carbocycles. The smallest absolute Gasteiger partial charge is 0.262 e. The zero-order chi connectivity index (χ0) is 13.2. The third kappa shape index (κ3) is 3.07. The molecule has 1 heterocycles. The highest BCUT2D eigenvalue weighted by molar-refractivity contribution is 7.18. The van der Waals surface area contributed by atoms with Crippen molar-refractivity contribution < 1.29 is 32.9 Å². The van der Waals surface area contributed by atoms with Gasteiger partial charge in [0.25, 0.3) is 5.01 Å². The highest BCUT2D eigenvalue weighted by Crippen LogP contribution is 2.21. The van der Waals surface area contributed by atoms with Gasteiger partial charge in [-0.3, -0.25) is 0 Å². The molecule has 0 aliphatic rings. The first-order chi connectivity index (χ1) is 9.24. The van der Waals surface area contributed by atoms with Gasteiger partial charge in [0.2, 0.25) is 5.52 Å². The summed E-state index contributed by atoms with van der Waals surface area (Å²) in [7, 11) is 2.06. The summed E-state index contributed by atoms with van der Waals surface area (Å²) in [4.78, 5) is 0. The third-order valence-electron chi connectivity index (χ3n) is 3.06. The number of hydrogen-bond acceptors (Lipinski definition) is 1. The van der Waals surface area contributed by atoms with Crippen molar-refractivity contribution >= 4 is 33.7 Å². The molecule has 0 saturated carbocycles. The summed E-state index contributed by atoms with van der Waals surface area (Å²) in [5.41, 5.74) is 2.23. The van der Waals surface area contributed by atoms with E-state index < -0.39 is 0 Å². The molecule has 20 heavy (non-hydrogen) atoms. The molecule has 0 aliphatic heterocycles. The lowest BCUT2D eigenvalue weighted by molar-refractivity contribution is -0.642. The molecule has 0 aliphatic carbocycles. The van der Waals surface area contributed by atoms with Gasteiger partial charge in [-0.2, -0.15) is 4.57 Å². The minimum absolute atomic E-state index is 0. The molecule has 102 valence electrons. The summed E-state index contributed by atoms with van der Waals surface area (Å²) in [6.07, 6.45) is 4.07. The second kappa shape index (κ2) is 6.45. The summed E-state index contributed by atoms with van der Waals surface area (Å²) in [6.45, 7) is 0. The predicted octanol–water partition coefficient (Wildman–Crippen LogP) is 1.04. The number of fused-ring (bicyclic) bond motifs is 1. The highest BCUT2D eigenvalue weighted by atomic mass is 127. The van der Waals surface area contributed by atoms with Crippen LogP contribution < -0.4 is 28.5 Å². The number of para-hydroxylation sites is 1. The largest absolute Gasteiger partial charge is 1.00 e. The van der Waals surface area contributed by atoms with Crippen molar-refractivity contribution in [2.24, 2.45) is 7.05 Å². The maximum atomic E-state index is 12.8. The van der Waals surface area contributed by atoms with E-state index in [-0.39, 0.29) is 29.8 Å². The van der Waals surface area contributed by atoms with Gasteiger partial charge in [-0.1, -0.05) is 35.6 Å². The molecular weight excluding hydrogens is 384 g/mol. The van der Waals surface area contributed by atoms with Crippen molar-refractivity contribution in [1.82, 2.24) is 0 Å². The van der Waals surface area contributed by atoms with Crippen molar-refractivity contribution in [3.8, 4) is 0 Å². The number of rotatable bonds is 2. The van der Waals surface area contributed by atoms with Crippen LogP contribution in [-0.2, 0) is 7.05 Å². The van der Waals surface area contributed by atoms with Crippen LogP contribution in [0.2, 0.25) is 0 Å². The number of aryl methyl sites for hydroxylation is 1. The highest BCUT2D eigenvalue weighted by Gasteiger charge is 2.12. The van der Waals surface area contributed by atoms with Crippen LogP contribution in [0.5, 0.6) is 0 Å². The first-order valence-corrected chi connectivity index (χ1v) is 6.87. The van der Waals surface area contributed by atoms with E-state index in [1.807, 2.05) is 18.2 Å². The van der Waals surface area contributed by atoms with E-state index in [1.54, 1.807) is 23.5 Å². The van der Waals surface area contributed by atoms with Crippen LogP contribution in [-0.4, -0.2) is 0 Å². The zero-order valence-corrected chi connectivity index (χ0v) is 13.9. The van der Waals surface area contributed by atoms with E-state index in [4.69, 9.17) is 0 Å². The fourth-order valence-electron chi connectivity index (χ4n) is 2.01. The molecule has 0 fully saturated rings. The van der Waals surface area contributed by atoms with Gasteiger partial charge in [-0.25, -0.2) is 4.39 Å². The normalized spacial score (nSPS) is 10.9. The Hall–Kier alpha value is -1.27. The molecule has 3 aromatic rings. The van der Waals surface area contributed by atoms with Crippen LogP contribution >= 0.6 is 11.3 Å². The SMILES string of the molecule is C[n+]1c(/C=C/c2ccc(F)cc2)sc2ccccc21.[I-]. The molecule has 0 spiro atoms. The molecule has 0 bridgehead atoms. The predicted molar refractivity (Wildman–Crippen MR) is 78.3 cm³/mol. The van der Waals surface area contributed by atoms with Crippen molar-refractivity contribution in [2.45, 2.75) is 0 Å². The quantitative estimate of drug-likeness (QED) is 0.450. The Balaban J connectivity index is 0.00000147. The molecule has 3 rings (SSSR count). The third-order valence-corrected chi connectivity index (χ3v) is 4.24. The van der Waals surface area contributed by atoms with Gasteiger partial charge in [-0.05, 0) is 29.8 Å². The molecular formula is C16H13FINS. The Morgan fingerprint density at radius 3 is 2.40 bits per heavy atom. The maximum Gasteiger partial charge on any atom is 0.262 e. The first kappa shape index (κ1) is 15.1. The number of halogens is 2. The monoisotopic (exact) mass is 397 g/mol. The van der Waals surface area contributed by atoms with E-state index in [0.29, 0.717) is 0 Å². The summed E-state index contributed by atoms with van der Waals surface area (Å²) >= 11 is 1.75. The average molecular weight is 397 g/mol. The van der Waals surface area contributed by atoms with E-state index in [1.165, 1.54) is 27.4 Å². The lowest BCUT2D eigenvalue weighted by Crippen LogP contribution is -3.00. The van der Waals surface area contributed by atoms with Gasteiger partial charge in [-0.15, -0.1) is 0 Å². The van der Waals surface area contributed by atoms with Crippen molar-refractivity contribution in [3.63, 3.8) is 0 Å². The van der Waals surface area contributed by atoms with Crippen molar-refractivity contribution in [2.75, 3.05) is 0 Å². The molecule has 4 heteroatoms. The standard InChI is InChI=1S/C16H13FNS.HI/c1-18-14-4-2-3-5-15(14)19-16(18)11-8-12-6-9-13(17)10-7-12;/h2-11H,1H3;1H/q+1;/p-1/b11-8+;. The Labute approximate surface area is 138 Å². The molecule has 0 radical (unpaired) electrons. The Morgan fingerprint density at radius 2 is 1.70 bits per heavy atom. The molecule has 0 atom stereocenters. The van der Waals surface area contributed by atoms with Gasteiger partial charge in [0, 0.05) is 12.1 Å². The Kier molecular flexibility index (Phi) is 4.88. The van der Waals surface area contributed by atoms with E-state index in [2.05, 4.69) is 29.8 Å². The number of benzene rings is 2. The van der Waals surface area contributed by atoms with Crippen molar-refractivity contribution in [3.05, 3.63) is 64.9 Å². The number of hydrogen-bond donors (Lipinski definition) is 0. The van der Waals surface area contributed by atoms with Gasteiger partial charge in [0.05, 0.1) is 0 Å². The minimum Gasteiger partial charge on any atom is -1.00 e. The van der Waals surface area contributed by atoms with Crippen LogP contribution in [0.25, 0.3) is 22.4 Å². The topological polar surface area (TPSA) is 3.88 Å². The van der Waals surface area contributed by atoms with Gasteiger partial charge in [0.15, 0.2) is 0 Å². The fraction of sp³-hybridized carbons (Fsp3) is 0.0625. The van der Waals surface area contributed by atoms with Crippen LogP contribution in [0.4, 0.5) is 4.39 Å². The number of thiazole rings is 1. The Morgan fingerprint density at radius 1 is 1.00 bits per heavy atom. The van der Waals surface area contributed by atoms with Gasteiger partial charge >= 0.3 is 0 Å². The first-order valence-electron chi connectivity index (χ1n) is 6.05. The van der Waals surface area contributed by atoms with Crippen LogP contribution in [0.3, 0.4) is 0 Å². The van der Waals surface area contributed by atoms with Crippen molar-refractivity contribution in [1.29, 1.82) is 0 Å². The fourth-order valence-corrected chi connectivity index (χ4v) is 3.06. The molecule has 0 saturated heterocycles. The minimum atomic E-state index is -0.204. The summed E-state index contributed by atoms with van der Waals surface area (Å²) in [6, 6.07) is 14.8. The summed E-state index contributed by atoms with van der Waals surface area (Å²) in [5, 5.41) is 1.17. The Bertz CT molecular complexity index is 747. The lowest BCUT2D eigenvalue weighted by Gasteiger charge is -1.91. The maximum absolute atomic E-state index is 12.8. The zero-order valence-electron chi connectivity index (χ0n) is 10.9. The summed E-state index contributed by atoms with van der Waals surface area (Å²) < 4.78 is 16.3. The van der Waals surface area contributed by atoms with E-state index in [0.717, 1.165) is 5.56 Å². The lowest BCUT2D eigenvalue weighted by atomic mass is 10.2.